The zero-order valence-electron chi connectivity index (χ0n) is 20.2. The minimum absolute atomic E-state index is 0.226. The Morgan fingerprint density at radius 3 is 2.59 bits per heavy atom. The first-order valence-electron chi connectivity index (χ1n) is 11.4. The molecule has 0 amide bonds. The topological polar surface area (TPSA) is 100 Å². The van der Waals surface area contributed by atoms with Gasteiger partial charge in [0.25, 0.3) is 5.56 Å². The largest absolute Gasteiger partial charge is 0.465 e. The summed E-state index contributed by atoms with van der Waals surface area (Å²) in [6, 6.07) is 13.6. The van der Waals surface area contributed by atoms with Gasteiger partial charge in [-0.15, -0.1) is 11.3 Å². The second kappa shape index (κ2) is 10.2. The Kier molecular flexibility index (Phi) is 6.77. The van der Waals surface area contributed by atoms with Gasteiger partial charge in [-0.3, -0.25) is 9.36 Å². The summed E-state index contributed by atoms with van der Waals surface area (Å²) < 4.78 is 18.0. The monoisotopic (exact) mass is 534 g/mol. The van der Waals surface area contributed by atoms with Crippen molar-refractivity contribution >= 4 is 40.7 Å². The zero-order valence-corrected chi connectivity index (χ0v) is 21.9. The molecule has 0 saturated heterocycles. The number of esters is 2. The number of rotatable bonds is 6. The number of thiophene rings is 1. The molecule has 1 aliphatic rings. The quantitative estimate of drug-likeness (QED) is 0.348. The summed E-state index contributed by atoms with van der Waals surface area (Å²) in [5.41, 5.74) is 1.84. The van der Waals surface area contributed by atoms with Crippen LogP contribution in [-0.4, -0.2) is 30.2 Å². The van der Waals surface area contributed by atoms with Crippen molar-refractivity contribution in [1.29, 1.82) is 0 Å². The molecule has 0 aliphatic carbocycles. The van der Waals surface area contributed by atoms with E-state index < -0.39 is 18.0 Å². The highest BCUT2D eigenvalue weighted by Crippen LogP contribution is 2.33. The number of carbonyl (C=O) groups is 2. The van der Waals surface area contributed by atoms with Gasteiger partial charge in [0.2, 0.25) is 0 Å². The number of ether oxygens (including phenoxy) is 2. The molecular weight excluding hydrogens is 512 g/mol. The van der Waals surface area contributed by atoms with E-state index in [1.807, 2.05) is 17.5 Å². The van der Waals surface area contributed by atoms with E-state index in [0.717, 1.165) is 10.4 Å². The van der Waals surface area contributed by atoms with E-state index in [9.17, 15) is 14.4 Å². The van der Waals surface area contributed by atoms with Gasteiger partial charge in [0.05, 0.1) is 35.1 Å². The third-order valence-corrected chi connectivity index (χ3v) is 7.73. The number of hydrogen-bond acceptors (Lipinski definition) is 9. The Morgan fingerprint density at radius 2 is 1.92 bits per heavy atom. The van der Waals surface area contributed by atoms with Gasteiger partial charge in [0, 0.05) is 16.5 Å². The molecular formula is C27H22N2O6S2. The van der Waals surface area contributed by atoms with E-state index in [4.69, 9.17) is 13.9 Å². The van der Waals surface area contributed by atoms with Crippen LogP contribution < -0.4 is 14.9 Å². The molecule has 3 aromatic heterocycles. The third-order valence-electron chi connectivity index (χ3n) is 5.82. The maximum atomic E-state index is 13.6. The van der Waals surface area contributed by atoms with Crippen LogP contribution in [0.5, 0.6) is 0 Å². The normalized spacial score (nSPS) is 15.3. The fourth-order valence-corrected chi connectivity index (χ4v) is 5.96. The van der Waals surface area contributed by atoms with Crippen molar-refractivity contribution in [3.8, 4) is 11.3 Å². The summed E-state index contributed by atoms with van der Waals surface area (Å²) in [7, 11) is 1.33. The van der Waals surface area contributed by atoms with Gasteiger partial charge in [-0.05, 0) is 49.6 Å². The number of nitrogens with zero attached hydrogens (tertiary/aromatic N) is 2. The predicted octanol–water partition coefficient (Wildman–Crippen LogP) is 3.91. The van der Waals surface area contributed by atoms with Crippen molar-refractivity contribution in [2.24, 2.45) is 4.99 Å². The molecule has 1 aliphatic heterocycles. The minimum Gasteiger partial charge on any atom is -0.465 e. The number of furan rings is 1. The van der Waals surface area contributed by atoms with E-state index in [1.165, 1.54) is 29.8 Å². The van der Waals surface area contributed by atoms with Gasteiger partial charge in [0.15, 0.2) is 4.80 Å². The van der Waals surface area contributed by atoms with Crippen LogP contribution in [0, 0.1) is 0 Å². The standard InChI is InChI=1S/C27H22N2O6S2/c1-4-34-26(32)22-15(2)28-27-29(23(22)20-6-5-13-36-20)24(30)21(37-27)14-18-11-12-19(35-18)16-7-9-17(10-8-16)25(31)33-3/h5-14,23H,4H2,1-3H3/b21-14-/t23-/m1/s1. The molecule has 5 rings (SSSR count). The second-order valence-corrected chi connectivity index (χ2v) is 10.1. The fourth-order valence-electron chi connectivity index (χ4n) is 4.11. The first kappa shape index (κ1) is 24.7. The van der Waals surface area contributed by atoms with E-state index in [-0.39, 0.29) is 12.2 Å². The maximum absolute atomic E-state index is 13.6. The molecule has 0 spiro atoms. The number of aromatic nitrogens is 1. The number of thiazole rings is 1. The summed E-state index contributed by atoms with van der Waals surface area (Å²) in [6.07, 6.45) is 1.67. The second-order valence-electron chi connectivity index (χ2n) is 8.09. The highest BCUT2D eigenvalue weighted by molar-refractivity contribution is 7.10. The molecule has 0 N–H and O–H groups in total. The molecule has 1 aromatic carbocycles. The van der Waals surface area contributed by atoms with Crippen molar-refractivity contribution in [2.45, 2.75) is 19.9 Å². The lowest BCUT2D eigenvalue weighted by atomic mass is 10.0. The lowest BCUT2D eigenvalue weighted by Gasteiger charge is -2.23. The van der Waals surface area contributed by atoms with Gasteiger partial charge in [-0.2, -0.15) is 0 Å². The summed E-state index contributed by atoms with van der Waals surface area (Å²) in [6.45, 7) is 3.73. The number of fused-ring (bicyclic) bond motifs is 1. The summed E-state index contributed by atoms with van der Waals surface area (Å²) in [4.78, 5) is 44.0. The Balaban J connectivity index is 1.55. The highest BCUT2D eigenvalue weighted by atomic mass is 32.1. The molecule has 8 nitrogen and oxygen atoms in total. The average Bonchev–Trinajstić information content (AvgIpc) is 3.65. The third kappa shape index (κ3) is 4.61. The van der Waals surface area contributed by atoms with Gasteiger partial charge in [-0.25, -0.2) is 14.6 Å². The van der Waals surface area contributed by atoms with Crippen molar-refractivity contribution < 1.29 is 23.5 Å². The zero-order chi connectivity index (χ0) is 26.1. The molecule has 4 heterocycles. The van der Waals surface area contributed by atoms with Crippen molar-refractivity contribution in [3.05, 3.63) is 101 Å². The first-order valence-corrected chi connectivity index (χ1v) is 13.1. The molecule has 188 valence electrons. The molecule has 4 aromatic rings. The van der Waals surface area contributed by atoms with Gasteiger partial charge >= 0.3 is 11.9 Å². The van der Waals surface area contributed by atoms with Crippen molar-refractivity contribution in [2.75, 3.05) is 13.7 Å². The van der Waals surface area contributed by atoms with Crippen LogP contribution >= 0.6 is 22.7 Å². The van der Waals surface area contributed by atoms with Crippen LogP contribution in [0.15, 0.2) is 79.4 Å². The molecule has 1 atom stereocenters. The fraction of sp³-hybridized carbons (Fsp3) is 0.185. The van der Waals surface area contributed by atoms with Gasteiger partial charge in [0.1, 0.15) is 17.6 Å². The Hall–Kier alpha value is -4.02. The molecule has 0 unspecified atom stereocenters. The number of hydrogen-bond donors (Lipinski definition) is 0. The number of benzene rings is 1. The molecule has 10 heteroatoms. The minimum atomic E-state index is -0.613. The lowest BCUT2D eigenvalue weighted by molar-refractivity contribution is -0.139. The Bertz CT molecular complexity index is 1690. The summed E-state index contributed by atoms with van der Waals surface area (Å²) >= 11 is 2.70. The summed E-state index contributed by atoms with van der Waals surface area (Å²) in [5, 5.41) is 1.91. The first-order chi connectivity index (χ1) is 17.9. The number of methoxy groups -OCH3 is 1. The van der Waals surface area contributed by atoms with E-state index in [1.54, 1.807) is 60.9 Å². The Labute approximate surface area is 219 Å². The van der Waals surface area contributed by atoms with Crippen LogP contribution in [0.4, 0.5) is 0 Å². The van der Waals surface area contributed by atoms with E-state index in [2.05, 4.69) is 4.99 Å². The maximum Gasteiger partial charge on any atom is 0.338 e. The van der Waals surface area contributed by atoms with E-state index in [0.29, 0.717) is 37.7 Å². The number of carbonyl (C=O) groups excluding carboxylic acids is 2. The molecule has 37 heavy (non-hydrogen) atoms. The SMILES string of the molecule is CCOC(=O)C1=C(C)N=c2s/c(=C\c3ccc(-c4ccc(C(=O)OC)cc4)o3)c(=O)n2[C@@H]1c1cccs1. The molecule has 0 bridgehead atoms. The van der Waals surface area contributed by atoms with Gasteiger partial charge in [-0.1, -0.05) is 29.5 Å². The lowest BCUT2D eigenvalue weighted by Crippen LogP contribution is -2.39. The van der Waals surface area contributed by atoms with E-state index >= 15 is 0 Å². The van der Waals surface area contributed by atoms with Crippen LogP contribution in [0.2, 0.25) is 0 Å². The van der Waals surface area contributed by atoms with Gasteiger partial charge < -0.3 is 13.9 Å². The molecule has 0 radical (unpaired) electrons. The highest BCUT2D eigenvalue weighted by Gasteiger charge is 2.33. The molecule has 0 fully saturated rings. The van der Waals surface area contributed by atoms with Crippen molar-refractivity contribution in [3.63, 3.8) is 0 Å². The average molecular weight is 535 g/mol. The Morgan fingerprint density at radius 1 is 1.14 bits per heavy atom. The van der Waals surface area contributed by atoms with Crippen LogP contribution in [-0.2, 0) is 14.3 Å². The predicted molar refractivity (Wildman–Crippen MR) is 140 cm³/mol. The summed E-state index contributed by atoms with van der Waals surface area (Å²) in [5.74, 6) is 0.188. The molecule has 0 saturated carbocycles. The van der Waals surface area contributed by atoms with Crippen molar-refractivity contribution in [1.82, 2.24) is 4.57 Å². The number of allylic oxidation sites excluding steroid dienone is 1. The van der Waals surface area contributed by atoms with Crippen LogP contribution in [0.25, 0.3) is 17.4 Å². The van der Waals surface area contributed by atoms with Crippen LogP contribution in [0.3, 0.4) is 0 Å². The smallest absolute Gasteiger partial charge is 0.338 e. The van der Waals surface area contributed by atoms with Crippen LogP contribution in [0.1, 0.15) is 40.9 Å².